The van der Waals surface area contributed by atoms with E-state index in [1.54, 1.807) is 36.8 Å². The van der Waals surface area contributed by atoms with Crippen LogP contribution in [0.5, 0.6) is 5.75 Å². The van der Waals surface area contributed by atoms with Gasteiger partial charge < -0.3 is 16.2 Å². The molecule has 3 rings (SSSR count). The largest absolute Gasteiger partial charge is 0.497 e. The summed E-state index contributed by atoms with van der Waals surface area (Å²) in [6.07, 6.45) is 0. The highest BCUT2D eigenvalue weighted by Gasteiger charge is 2.17. The van der Waals surface area contributed by atoms with E-state index >= 15 is 0 Å². The molecule has 0 aliphatic heterocycles. The Balaban J connectivity index is 2.33. The molecular formula is C14H12N4O2S2. The number of methoxy groups -OCH3 is 1. The lowest BCUT2D eigenvalue weighted by Gasteiger charge is -2.09. The Bertz CT molecular complexity index is 928. The lowest BCUT2D eigenvalue weighted by molar-refractivity contribution is 0.414. The van der Waals surface area contributed by atoms with Crippen LogP contribution in [0.15, 0.2) is 34.4 Å². The van der Waals surface area contributed by atoms with Crippen molar-refractivity contribution in [3.63, 3.8) is 0 Å². The first-order valence-corrected chi connectivity index (χ1v) is 7.56. The van der Waals surface area contributed by atoms with Gasteiger partial charge in [0, 0.05) is 10.8 Å². The van der Waals surface area contributed by atoms with E-state index in [9.17, 15) is 4.79 Å². The highest BCUT2D eigenvalue weighted by Crippen LogP contribution is 2.27. The molecule has 0 saturated carbocycles. The van der Waals surface area contributed by atoms with E-state index in [2.05, 4.69) is 5.10 Å². The third-order valence-corrected chi connectivity index (χ3v) is 4.24. The van der Waals surface area contributed by atoms with Crippen molar-refractivity contribution in [1.82, 2.24) is 9.78 Å². The lowest BCUT2D eigenvalue weighted by atomic mass is 10.2. The van der Waals surface area contributed by atoms with Gasteiger partial charge in [0.15, 0.2) is 0 Å². The van der Waals surface area contributed by atoms with Crippen LogP contribution in [-0.2, 0) is 0 Å². The molecule has 0 aliphatic rings. The molecule has 22 heavy (non-hydrogen) atoms. The van der Waals surface area contributed by atoms with Gasteiger partial charge >= 0.3 is 0 Å². The summed E-state index contributed by atoms with van der Waals surface area (Å²) < 4.78 is 6.36. The van der Waals surface area contributed by atoms with Crippen LogP contribution in [0, 0.1) is 0 Å². The summed E-state index contributed by atoms with van der Waals surface area (Å²) in [5, 5.41) is 7.42. The summed E-state index contributed by atoms with van der Waals surface area (Å²) in [5.41, 5.74) is 12.3. The molecule has 0 amide bonds. The van der Waals surface area contributed by atoms with Crippen molar-refractivity contribution in [1.29, 1.82) is 0 Å². The van der Waals surface area contributed by atoms with Crippen LogP contribution in [0.3, 0.4) is 0 Å². The van der Waals surface area contributed by atoms with E-state index in [1.165, 1.54) is 16.0 Å². The van der Waals surface area contributed by atoms with Crippen LogP contribution in [-0.4, -0.2) is 21.9 Å². The monoisotopic (exact) mass is 332 g/mol. The van der Waals surface area contributed by atoms with Gasteiger partial charge in [0.1, 0.15) is 16.4 Å². The molecule has 0 saturated heterocycles. The molecule has 0 aliphatic carbocycles. The molecule has 112 valence electrons. The molecule has 1 aromatic carbocycles. The fourth-order valence-corrected chi connectivity index (χ4v) is 3.09. The normalized spacial score (nSPS) is 10.8. The number of thiocarbonyl (C=S) groups is 1. The predicted molar refractivity (Wildman–Crippen MR) is 92.1 cm³/mol. The highest BCUT2D eigenvalue weighted by atomic mass is 32.1. The number of thiophene rings is 1. The van der Waals surface area contributed by atoms with Crippen molar-refractivity contribution in [3.05, 3.63) is 45.7 Å². The smallest absolute Gasteiger partial charge is 0.282 e. The van der Waals surface area contributed by atoms with Crippen molar-refractivity contribution in [2.45, 2.75) is 0 Å². The molecule has 3 aromatic rings. The minimum atomic E-state index is -0.307. The zero-order valence-electron chi connectivity index (χ0n) is 11.6. The molecule has 0 fully saturated rings. The number of hydrogen-bond donors (Lipinski definition) is 2. The van der Waals surface area contributed by atoms with Gasteiger partial charge in [-0.25, -0.2) is 0 Å². The topological polar surface area (TPSA) is 96.2 Å². The Morgan fingerprint density at radius 3 is 2.64 bits per heavy atom. The molecule has 2 aromatic heterocycles. The molecule has 6 nitrogen and oxygen atoms in total. The van der Waals surface area contributed by atoms with Crippen LogP contribution in [0.25, 0.3) is 16.5 Å². The predicted octanol–water partition coefficient (Wildman–Crippen LogP) is 1.67. The summed E-state index contributed by atoms with van der Waals surface area (Å²) in [5.74, 6) is 0.683. The van der Waals surface area contributed by atoms with Crippen LogP contribution >= 0.6 is 23.6 Å². The van der Waals surface area contributed by atoms with Gasteiger partial charge in [-0.05, 0) is 24.3 Å². The number of nitrogens with zero attached hydrogens (tertiary/aromatic N) is 2. The van der Waals surface area contributed by atoms with Crippen LogP contribution in [0.2, 0.25) is 0 Å². The van der Waals surface area contributed by atoms with Gasteiger partial charge in [0.2, 0.25) is 0 Å². The number of anilines is 1. The Labute approximate surface area is 134 Å². The van der Waals surface area contributed by atoms with Crippen molar-refractivity contribution < 1.29 is 4.74 Å². The quantitative estimate of drug-likeness (QED) is 0.708. The second-order valence-electron chi connectivity index (χ2n) is 4.52. The molecule has 2 heterocycles. The molecule has 4 N–H and O–H groups in total. The standard InChI is InChI=1S/C14H12N4O2S2/c1-20-8-4-2-7(3-5-8)18-14(19)10-9(6-22-13(10)16)11(17-18)12(15)21/h2-6H,16H2,1H3,(H2,15,21). The Morgan fingerprint density at radius 1 is 1.36 bits per heavy atom. The minimum absolute atomic E-state index is 0.116. The van der Waals surface area contributed by atoms with Crippen LogP contribution in [0.1, 0.15) is 5.69 Å². The average Bonchev–Trinajstić information content (AvgIpc) is 2.90. The molecule has 0 atom stereocenters. The maximum absolute atomic E-state index is 12.7. The summed E-state index contributed by atoms with van der Waals surface area (Å²) in [7, 11) is 1.57. The number of benzene rings is 1. The highest BCUT2D eigenvalue weighted by molar-refractivity contribution is 7.80. The number of ether oxygens (including phenoxy) is 1. The number of fused-ring (bicyclic) bond motifs is 1. The van der Waals surface area contributed by atoms with Crippen molar-refractivity contribution in [2.75, 3.05) is 12.8 Å². The number of hydrogen-bond acceptors (Lipinski definition) is 6. The maximum atomic E-state index is 12.7. The number of nitrogen functional groups attached to an aromatic ring is 1. The maximum Gasteiger partial charge on any atom is 0.282 e. The summed E-state index contributed by atoms with van der Waals surface area (Å²) in [6.45, 7) is 0. The van der Waals surface area contributed by atoms with Crippen LogP contribution in [0.4, 0.5) is 5.00 Å². The summed E-state index contributed by atoms with van der Waals surface area (Å²) in [6, 6.07) is 6.94. The van der Waals surface area contributed by atoms with Gasteiger partial charge in [0.25, 0.3) is 5.56 Å². The van der Waals surface area contributed by atoms with E-state index in [0.29, 0.717) is 32.9 Å². The molecule has 0 bridgehead atoms. The lowest BCUT2D eigenvalue weighted by Crippen LogP contribution is -2.26. The van der Waals surface area contributed by atoms with Crippen molar-refractivity contribution in [2.24, 2.45) is 5.73 Å². The van der Waals surface area contributed by atoms with Gasteiger partial charge in [-0.1, -0.05) is 12.2 Å². The first-order valence-electron chi connectivity index (χ1n) is 6.27. The third-order valence-electron chi connectivity index (χ3n) is 3.23. The molecule has 0 unspecified atom stereocenters. The molecule has 8 heteroatoms. The second kappa shape index (κ2) is 5.39. The Hall–Kier alpha value is -2.45. The van der Waals surface area contributed by atoms with Crippen LogP contribution < -0.4 is 21.8 Å². The Kier molecular flexibility index (Phi) is 3.55. The molecular weight excluding hydrogens is 320 g/mol. The fourth-order valence-electron chi connectivity index (χ4n) is 2.15. The number of rotatable bonds is 3. The summed E-state index contributed by atoms with van der Waals surface area (Å²) in [4.78, 5) is 12.8. The average molecular weight is 332 g/mol. The molecule has 0 radical (unpaired) electrons. The third kappa shape index (κ3) is 2.22. The zero-order valence-corrected chi connectivity index (χ0v) is 13.2. The first-order chi connectivity index (χ1) is 10.5. The Morgan fingerprint density at radius 2 is 2.05 bits per heavy atom. The zero-order chi connectivity index (χ0) is 15.9. The van der Waals surface area contributed by atoms with Crippen molar-refractivity contribution in [3.8, 4) is 11.4 Å². The second-order valence-corrected chi connectivity index (χ2v) is 5.87. The number of nitrogens with two attached hydrogens (primary N) is 2. The molecule has 0 spiro atoms. The van der Waals surface area contributed by atoms with E-state index in [-0.39, 0.29) is 10.5 Å². The SMILES string of the molecule is COc1ccc(-n2nc(C(N)=S)c3csc(N)c3c2=O)cc1. The van der Waals surface area contributed by atoms with Gasteiger partial charge in [-0.3, -0.25) is 4.79 Å². The van der Waals surface area contributed by atoms with E-state index in [1.807, 2.05) is 0 Å². The van der Waals surface area contributed by atoms with Crippen molar-refractivity contribution >= 4 is 44.3 Å². The van der Waals surface area contributed by atoms with E-state index in [4.69, 9.17) is 28.4 Å². The van der Waals surface area contributed by atoms with E-state index < -0.39 is 0 Å². The van der Waals surface area contributed by atoms with Gasteiger partial charge in [0.05, 0.1) is 23.2 Å². The number of aromatic nitrogens is 2. The fraction of sp³-hybridized carbons (Fsp3) is 0.0714. The van der Waals surface area contributed by atoms with Gasteiger partial charge in [-0.15, -0.1) is 11.3 Å². The summed E-state index contributed by atoms with van der Waals surface area (Å²) >= 11 is 6.30. The van der Waals surface area contributed by atoms with Gasteiger partial charge in [-0.2, -0.15) is 9.78 Å². The van der Waals surface area contributed by atoms with E-state index in [0.717, 1.165) is 0 Å². The minimum Gasteiger partial charge on any atom is -0.497 e. The first kappa shape index (κ1) is 14.5.